The second kappa shape index (κ2) is 5.26. The Bertz CT molecular complexity index is 340. The van der Waals surface area contributed by atoms with Gasteiger partial charge in [0.1, 0.15) is 4.32 Å². The molecule has 1 saturated heterocycles. The van der Waals surface area contributed by atoms with Crippen LogP contribution in [0.1, 0.15) is 12.8 Å². The van der Waals surface area contributed by atoms with Gasteiger partial charge >= 0.3 is 0 Å². The minimum atomic E-state index is -1.51. The first-order valence-corrected chi connectivity index (χ1v) is 5.72. The van der Waals surface area contributed by atoms with Gasteiger partial charge in [0.05, 0.1) is 17.8 Å². The lowest BCUT2D eigenvalue weighted by Gasteiger charge is -2.27. The van der Waals surface area contributed by atoms with Crippen molar-refractivity contribution in [2.24, 2.45) is 0 Å². The fourth-order valence-corrected chi connectivity index (χ4v) is 2.43. The highest BCUT2D eigenvalue weighted by Crippen LogP contribution is 2.23. The maximum atomic E-state index is 11.3. The fraction of sp³-hybridized carbons (Fsp3) is 0.500. The van der Waals surface area contributed by atoms with Crippen molar-refractivity contribution >= 4 is 46.1 Å². The Morgan fingerprint density at radius 3 is 2.50 bits per heavy atom. The number of carboxylic acid groups (broad SMARTS) is 2. The molecule has 0 aromatic rings. The molecule has 0 bridgehead atoms. The summed E-state index contributed by atoms with van der Waals surface area (Å²) in [5, 5.41) is 21.0. The Balaban J connectivity index is 2.76. The number of rotatable bonds is 5. The molecule has 8 heteroatoms. The average molecular weight is 261 g/mol. The Morgan fingerprint density at radius 2 is 2.12 bits per heavy atom. The molecule has 0 unspecified atom stereocenters. The first kappa shape index (κ1) is 12.9. The topological polar surface area (TPSA) is 101 Å². The molecule has 0 N–H and O–H groups in total. The molecule has 0 aliphatic carbocycles. The number of aliphatic carboxylic acids is 2. The third-order valence-corrected chi connectivity index (χ3v) is 3.38. The predicted octanol–water partition coefficient (Wildman–Crippen LogP) is -2.50. The van der Waals surface area contributed by atoms with Gasteiger partial charge in [-0.1, -0.05) is 24.0 Å². The van der Waals surface area contributed by atoms with E-state index in [2.05, 4.69) is 0 Å². The average Bonchev–Trinajstić information content (AvgIpc) is 2.48. The lowest BCUT2D eigenvalue weighted by molar-refractivity contribution is -0.311. The molecule has 0 radical (unpaired) electrons. The normalized spacial score (nSPS) is 17.6. The molecule has 0 spiro atoms. The highest BCUT2D eigenvalue weighted by molar-refractivity contribution is 8.23. The van der Waals surface area contributed by atoms with Crippen molar-refractivity contribution in [2.45, 2.75) is 18.9 Å². The fourth-order valence-electron chi connectivity index (χ4n) is 1.27. The smallest absolute Gasteiger partial charge is 0.239 e. The number of thiocarbonyl (C=S) groups is 1. The van der Waals surface area contributed by atoms with Gasteiger partial charge in [-0.2, -0.15) is 0 Å². The molecule has 0 aromatic heterocycles. The Labute approximate surface area is 101 Å². The molecule has 1 rings (SSSR count). The summed E-state index contributed by atoms with van der Waals surface area (Å²) >= 11 is 5.85. The number of carbonyl (C=O) groups is 3. The van der Waals surface area contributed by atoms with Crippen LogP contribution in [0.5, 0.6) is 0 Å². The zero-order valence-corrected chi connectivity index (χ0v) is 9.64. The number of thioether (sulfide) groups is 1. The number of amides is 1. The largest absolute Gasteiger partial charge is 0.550 e. The SMILES string of the molecule is O=C([O-])CC[C@H](C(=O)[O-])N1C(=O)CSC1=S. The molecular formula is C8H7NO5S2-2. The molecule has 1 heterocycles. The van der Waals surface area contributed by atoms with Gasteiger partial charge in [0.25, 0.3) is 0 Å². The van der Waals surface area contributed by atoms with Gasteiger partial charge in [-0.05, 0) is 12.8 Å². The number of hydrogen-bond acceptors (Lipinski definition) is 7. The van der Waals surface area contributed by atoms with Crippen LogP contribution in [0, 0.1) is 0 Å². The summed E-state index contributed by atoms with van der Waals surface area (Å²) in [7, 11) is 0. The highest BCUT2D eigenvalue weighted by atomic mass is 32.2. The molecule has 1 fully saturated rings. The second-order valence-corrected chi connectivity index (χ2v) is 4.67. The van der Waals surface area contributed by atoms with E-state index < -0.39 is 30.3 Å². The Hall–Kier alpha value is -1.15. The maximum Gasteiger partial charge on any atom is 0.239 e. The third kappa shape index (κ3) is 2.92. The minimum Gasteiger partial charge on any atom is -0.550 e. The Morgan fingerprint density at radius 1 is 1.50 bits per heavy atom. The van der Waals surface area contributed by atoms with E-state index in [-0.39, 0.29) is 16.5 Å². The van der Waals surface area contributed by atoms with E-state index in [9.17, 15) is 24.6 Å². The van der Waals surface area contributed by atoms with Crippen LogP contribution in [-0.4, -0.2) is 38.9 Å². The van der Waals surface area contributed by atoms with Crippen LogP contribution in [0.15, 0.2) is 0 Å². The zero-order chi connectivity index (χ0) is 12.3. The van der Waals surface area contributed by atoms with Crippen molar-refractivity contribution in [2.75, 3.05) is 5.75 Å². The van der Waals surface area contributed by atoms with Crippen LogP contribution >= 0.6 is 24.0 Å². The number of carboxylic acids is 2. The number of nitrogens with zero attached hydrogens (tertiary/aromatic N) is 1. The minimum absolute atomic E-state index is 0.0773. The monoisotopic (exact) mass is 261 g/mol. The molecule has 1 aliphatic heterocycles. The van der Waals surface area contributed by atoms with E-state index in [1.165, 1.54) is 0 Å². The first-order chi connectivity index (χ1) is 7.43. The molecule has 6 nitrogen and oxygen atoms in total. The van der Waals surface area contributed by atoms with Crippen LogP contribution in [0.25, 0.3) is 0 Å². The molecular weight excluding hydrogens is 254 g/mol. The van der Waals surface area contributed by atoms with E-state index in [1.807, 2.05) is 0 Å². The Kier molecular flexibility index (Phi) is 4.25. The number of hydrogen-bond donors (Lipinski definition) is 0. The van der Waals surface area contributed by atoms with Crippen molar-refractivity contribution in [3.05, 3.63) is 0 Å². The van der Waals surface area contributed by atoms with Crippen molar-refractivity contribution < 1.29 is 24.6 Å². The van der Waals surface area contributed by atoms with Gasteiger partial charge in [-0.15, -0.1) is 0 Å². The summed E-state index contributed by atoms with van der Waals surface area (Å²) in [6, 6.07) is -1.33. The van der Waals surface area contributed by atoms with Crippen LogP contribution in [0.4, 0.5) is 0 Å². The van der Waals surface area contributed by atoms with Gasteiger partial charge in [0, 0.05) is 5.97 Å². The summed E-state index contributed by atoms with van der Waals surface area (Å²) in [6.07, 6.45) is -0.729. The van der Waals surface area contributed by atoms with E-state index in [0.29, 0.717) is 0 Å². The summed E-state index contributed by atoms with van der Waals surface area (Å²) in [6.45, 7) is 0. The first-order valence-electron chi connectivity index (χ1n) is 4.33. The van der Waals surface area contributed by atoms with E-state index >= 15 is 0 Å². The summed E-state index contributed by atoms with van der Waals surface area (Å²) < 4.78 is 0.137. The van der Waals surface area contributed by atoms with Crippen molar-refractivity contribution in [1.82, 2.24) is 4.90 Å². The van der Waals surface area contributed by atoms with Gasteiger partial charge in [0.2, 0.25) is 5.91 Å². The van der Waals surface area contributed by atoms with Gasteiger partial charge < -0.3 is 19.8 Å². The quantitative estimate of drug-likeness (QED) is 0.504. The predicted molar refractivity (Wildman–Crippen MR) is 54.9 cm³/mol. The zero-order valence-electron chi connectivity index (χ0n) is 8.00. The van der Waals surface area contributed by atoms with Crippen LogP contribution in [-0.2, 0) is 14.4 Å². The van der Waals surface area contributed by atoms with E-state index in [4.69, 9.17) is 12.2 Å². The lowest BCUT2D eigenvalue weighted by Crippen LogP contribution is -2.50. The van der Waals surface area contributed by atoms with Crippen molar-refractivity contribution in [3.63, 3.8) is 0 Å². The van der Waals surface area contributed by atoms with Crippen LogP contribution in [0.3, 0.4) is 0 Å². The van der Waals surface area contributed by atoms with Gasteiger partial charge in [-0.25, -0.2) is 0 Å². The van der Waals surface area contributed by atoms with Crippen molar-refractivity contribution in [3.8, 4) is 0 Å². The van der Waals surface area contributed by atoms with E-state index in [1.54, 1.807) is 0 Å². The molecule has 16 heavy (non-hydrogen) atoms. The third-order valence-electron chi connectivity index (χ3n) is 1.99. The van der Waals surface area contributed by atoms with Crippen LogP contribution < -0.4 is 10.2 Å². The molecule has 1 amide bonds. The van der Waals surface area contributed by atoms with Gasteiger partial charge in [-0.3, -0.25) is 9.69 Å². The van der Waals surface area contributed by atoms with Crippen molar-refractivity contribution in [1.29, 1.82) is 0 Å². The van der Waals surface area contributed by atoms with Gasteiger partial charge in [0.15, 0.2) is 0 Å². The molecule has 0 saturated carbocycles. The van der Waals surface area contributed by atoms with E-state index in [0.717, 1.165) is 16.7 Å². The summed E-state index contributed by atoms with van der Waals surface area (Å²) in [5.41, 5.74) is 0. The lowest BCUT2D eigenvalue weighted by atomic mass is 10.1. The standard InChI is InChI=1S/C8H9NO5S2/c10-5-3-16-8(15)9(5)4(7(13)14)1-2-6(11)12/h4H,1-3H2,(H,11,12)(H,13,14)/p-2/t4-/m1/s1. The second-order valence-electron chi connectivity index (χ2n) is 3.06. The maximum absolute atomic E-state index is 11.3. The molecule has 1 atom stereocenters. The van der Waals surface area contributed by atoms with Crippen LogP contribution in [0.2, 0.25) is 0 Å². The molecule has 0 aromatic carbocycles. The molecule has 1 aliphatic rings. The molecule has 88 valence electrons. The highest BCUT2D eigenvalue weighted by Gasteiger charge is 2.33. The number of carbonyl (C=O) groups excluding carboxylic acids is 3. The summed E-state index contributed by atoms with van der Waals surface area (Å²) in [4.78, 5) is 33.3. The summed E-state index contributed by atoms with van der Waals surface area (Å²) in [5.74, 6) is -3.26.